The molecule has 1 aromatic heterocycles. The van der Waals surface area contributed by atoms with Gasteiger partial charge in [0.05, 0.1) is 5.25 Å². The molecule has 0 bridgehead atoms. The van der Waals surface area contributed by atoms with Gasteiger partial charge in [0.25, 0.3) is 0 Å². The maximum Gasteiger partial charge on any atom is 0.238 e. The molecule has 124 valence electrons. The van der Waals surface area contributed by atoms with E-state index in [0.29, 0.717) is 11.6 Å². The molecule has 0 spiro atoms. The molecule has 1 N–H and O–H groups in total. The summed E-state index contributed by atoms with van der Waals surface area (Å²) in [4.78, 5) is 16.2. The van der Waals surface area contributed by atoms with Gasteiger partial charge < -0.3 is 9.88 Å². The Morgan fingerprint density at radius 2 is 1.91 bits per heavy atom. The van der Waals surface area contributed by atoms with Crippen LogP contribution in [-0.4, -0.2) is 20.7 Å². The second-order valence-corrected chi connectivity index (χ2v) is 5.84. The van der Waals surface area contributed by atoms with Crippen LogP contribution >= 0.6 is 11.8 Å². The van der Waals surface area contributed by atoms with Crippen LogP contribution in [0.3, 0.4) is 0 Å². The number of amides is 1. The maximum atomic E-state index is 13.6. The number of benzene rings is 1. The van der Waals surface area contributed by atoms with Crippen molar-refractivity contribution in [2.75, 3.05) is 5.32 Å². The highest BCUT2D eigenvalue weighted by atomic mass is 32.2. The number of rotatable bonds is 5. The Labute approximate surface area is 133 Å². The van der Waals surface area contributed by atoms with E-state index in [2.05, 4.69) is 4.98 Å². The summed E-state index contributed by atoms with van der Waals surface area (Å²) in [7, 11) is 1.72. The summed E-state index contributed by atoms with van der Waals surface area (Å²) in [6.07, 6.45) is 3.53. The highest BCUT2D eigenvalue weighted by Crippen LogP contribution is 2.28. The van der Waals surface area contributed by atoms with E-state index in [1.807, 2.05) is 5.32 Å². The quantitative estimate of drug-likeness (QED) is 0.512. The van der Waals surface area contributed by atoms with E-state index in [9.17, 15) is 22.4 Å². The number of hydrogen-bond acceptors (Lipinski definition) is 3. The molecule has 1 unspecified atom stereocenters. The molecule has 23 heavy (non-hydrogen) atoms. The number of nitrogens with one attached hydrogen (secondary N) is 1. The van der Waals surface area contributed by atoms with Gasteiger partial charge in [-0.2, -0.15) is 0 Å². The fraction of sp³-hybridized carbons (Fsp3) is 0.286. The first-order chi connectivity index (χ1) is 10.8. The minimum absolute atomic E-state index is 0.0836. The molecule has 0 aliphatic carbocycles. The van der Waals surface area contributed by atoms with Gasteiger partial charge in [0, 0.05) is 25.5 Å². The molecule has 1 amide bonds. The van der Waals surface area contributed by atoms with Crippen molar-refractivity contribution in [1.29, 1.82) is 0 Å². The zero-order chi connectivity index (χ0) is 17.1. The SMILES string of the molecule is CCC(Sc1nccn1C)C(=O)Nc1c(F)c(F)cc(F)c1F. The van der Waals surface area contributed by atoms with Crippen LogP contribution in [0.25, 0.3) is 0 Å². The minimum Gasteiger partial charge on any atom is -0.329 e. The fourth-order valence-electron chi connectivity index (χ4n) is 1.80. The van der Waals surface area contributed by atoms with Gasteiger partial charge in [-0.15, -0.1) is 0 Å². The summed E-state index contributed by atoms with van der Waals surface area (Å²) in [6, 6.07) is 0.0836. The number of carbonyl (C=O) groups excluding carboxylic acids is 1. The molecule has 2 aromatic rings. The lowest BCUT2D eigenvalue weighted by atomic mass is 10.2. The molecule has 0 aliphatic heterocycles. The summed E-state index contributed by atoms with van der Waals surface area (Å²) in [5.74, 6) is -7.22. The molecule has 0 aliphatic rings. The number of halogens is 4. The lowest BCUT2D eigenvalue weighted by Gasteiger charge is -2.15. The van der Waals surface area contributed by atoms with Crippen LogP contribution in [0, 0.1) is 23.3 Å². The number of nitrogens with zero attached hydrogens (tertiary/aromatic N) is 2. The van der Waals surface area contributed by atoms with Crippen molar-refractivity contribution >= 4 is 23.4 Å². The normalized spacial score (nSPS) is 12.3. The van der Waals surface area contributed by atoms with Crippen molar-refractivity contribution in [3.8, 4) is 0 Å². The number of aryl methyl sites for hydroxylation is 1. The average Bonchev–Trinajstić information content (AvgIpc) is 2.92. The van der Waals surface area contributed by atoms with Crippen molar-refractivity contribution in [2.24, 2.45) is 7.05 Å². The smallest absolute Gasteiger partial charge is 0.238 e. The van der Waals surface area contributed by atoms with Crippen LogP contribution in [0.2, 0.25) is 0 Å². The van der Waals surface area contributed by atoms with Crippen molar-refractivity contribution in [3.63, 3.8) is 0 Å². The first-order valence-electron chi connectivity index (χ1n) is 6.63. The monoisotopic (exact) mass is 347 g/mol. The first kappa shape index (κ1) is 17.3. The number of anilines is 1. The van der Waals surface area contributed by atoms with Crippen molar-refractivity contribution in [2.45, 2.75) is 23.8 Å². The minimum atomic E-state index is -1.64. The van der Waals surface area contributed by atoms with Crippen molar-refractivity contribution < 1.29 is 22.4 Å². The van der Waals surface area contributed by atoms with Crippen LogP contribution in [0.1, 0.15) is 13.3 Å². The average molecular weight is 347 g/mol. The van der Waals surface area contributed by atoms with E-state index in [4.69, 9.17) is 0 Å². The van der Waals surface area contributed by atoms with Gasteiger partial charge in [-0.25, -0.2) is 22.5 Å². The van der Waals surface area contributed by atoms with Crippen LogP contribution in [0.4, 0.5) is 23.2 Å². The summed E-state index contributed by atoms with van der Waals surface area (Å²) in [6.45, 7) is 1.69. The van der Waals surface area contributed by atoms with Gasteiger partial charge in [-0.3, -0.25) is 4.79 Å². The van der Waals surface area contributed by atoms with Crippen LogP contribution < -0.4 is 5.32 Å². The van der Waals surface area contributed by atoms with Gasteiger partial charge in [0.1, 0.15) is 5.69 Å². The van der Waals surface area contributed by atoms with E-state index >= 15 is 0 Å². The van der Waals surface area contributed by atoms with Gasteiger partial charge in [0.15, 0.2) is 28.4 Å². The maximum absolute atomic E-state index is 13.6. The number of aromatic nitrogens is 2. The lowest BCUT2D eigenvalue weighted by molar-refractivity contribution is -0.115. The van der Waals surface area contributed by atoms with Gasteiger partial charge in [0.2, 0.25) is 5.91 Å². The molecule has 0 fully saturated rings. The van der Waals surface area contributed by atoms with Crippen LogP contribution in [-0.2, 0) is 11.8 Å². The first-order valence-corrected chi connectivity index (χ1v) is 7.51. The topological polar surface area (TPSA) is 46.9 Å². The lowest BCUT2D eigenvalue weighted by Crippen LogP contribution is -2.26. The largest absolute Gasteiger partial charge is 0.329 e. The zero-order valence-electron chi connectivity index (χ0n) is 12.2. The third-order valence-electron chi connectivity index (χ3n) is 3.05. The Balaban J connectivity index is 2.22. The van der Waals surface area contributed by atoms with E-state index in [-0.39, 0.29) is 6.07 Å². The van der Waals surface area contributed by atoms with Crippen molar-refractivity contribution in [1.82, 2.24) is 9.55 Å². The predicted octanol–water partition coefficient (Wildman–Crippen LogP) is 3.49. The van der Waals surface area contributed by atoms with Crippen LogP contribution in [0.5, 0.6) is 0 Å². The molecule has 4 nitrogen and oxygen atoms in total. The third-order valence-corrected chi connectivity index (χ3v) is 4.48. The molecule has 2 rings (SSSR count). The molecule has 0 saturated heterocycles. The molecule has 0 saturated carbocycles. The standard InChI is InChI=1S/C14H13F4N3OS/c1-3-9(23-14-19-4-5-21(14)2)13(22)20-12-10(17)7(15)6-8(16)11(12)18/h4-6,9H,3H2,1-2H3,(H,20,22). The third kappa shape index (κ3) is 3.66. The van der Waals surface area contributed by atoms with E-state index in [0.717, 1.165) is 11.8 Å². The van der Waals surface area contributed by atoms with E-state index < -0.39 is 40.1 Å². The summed E-state index contributed by atoms with van der Waals surface area (Å²) in [5, 5.41) is 1.71. The Hall–Kier alpha value is -2.03. The Kier molecular flexibility index (Phi) is 5.30. The second kappa shape index (κ2) is 7.03. The Bertz CT molecular complexity index is 709. The summed E-state index contributed by atoms with van der Waals surface area (Å²) >= 11 is 1.08. The van der Waals surface area contributed by atoms with Gasteiger partial charge in [-0.05, 0) is 6.42 Å². The van der Waals surface area contributed by atoms with E-state index in [1.165, 1.54) is 6.20 Å². The summed E-state index contributed by atoms with van der Waals surface area (Å²) in [5.41, 5.74) is -1.13. The number of hydrogen-bond donors (Lipinski definition) is 1. The van der Waals surface area contributed by atoms with Gasteiger partial charge in [-0.1, -0.05) is 18.7 Å². The van der Waals surface area contributed by atoms with Crippen molar-refractivity contribution in [3.05, 3.63) is 41.7 Å². The Morgan fingerprint density at radius 3 is 2.39 bits per heavy atom. The summed E-state index contributed by atoms with van der Waals surface area (Å²) < 4.78 is 55.2. The number of carbonyl (C=O) groups is 1. The van der Waals surface area contributed by atoms with Gasteiger partial charge >= 0.3 is 0 Å². The highest BCUT2D eigenvalue weighted by Gasteiger charge is 2.25. The predicted molar refractivity (Wildman–Crippen MR) is 78.0 cm³/mol. The number of thioether (sulfide) groups is 1. The molecule has 1 heterocycles. The second-order valence-electron chi connectivity index (χ2n) is 4.67. The molecule has 0 radical (unpaired) electrons. The highest BCUT2D eigenvalue weighted by molar-refractivity contribution is 8.00. The molecular formula is C14H13F4N3OS. The molecule has 1 aromatic carbocycles. The molecular weight excluding hydrogens is 334 g/mol. The number of imidazole rings is 1. The zero-order valence-corrected chi connectivity index (χ0v) is 13.1. The molecule has 1 atom stereocenters. The fourth-order valence-corrected chi connectivity index (χ4v) is 2.74. The molecule has 9 heteroatoms. The van der Waals surface area contributed by atoms with Crippen LogP contribution in [0.15, 0.2) is 23.6 Å². The Morgan fingerprint density at radius 1 is 1.30 bits per heavy atom. The van der Waals surface area contributed by atoms with E-state index in [1.54, 1.807) is 24.7 Å².